The Balaban J connectivity index is 1.74. The smallest absolute Gasteiger partial charge is 0.135 e. The van der Waals surface area contributed by atoms with Gasteiger partial charge in [-0.3, -0.25) is 0 Å². The first-order valence-electron chi connectivity index (χ1n) is 6.23. The van der Waals surface area contributed by atoms with Crippen LogP contribution in [0.2, 0.25) is 5.02 Å². The van der Waals surface area contributed by atoms with Gasteiger partial charge >= 0.3 is 0 Å². The third-order valence-corrected chi connectivity index (χ3v) is 4.34. The SMILES string of the molecule is Nc1cc(SCc2ccccc2Cl)nc(C2CC2)n1. The molecule has 3 rings (SSSR count). The molecule has 1 saturated carbocycles. The zero-order valence-electron chi connectivity index (χ0n) is 10.3. The Hall–Kier alpha value is -1.26. The first-order chi connectivity index (χ1) is 9.22. The lowest BCUT2D eigenvalue weighted by Crippen LogP contribution is -1.99. The summed E-state index contributed by atoms with van der Waals surface area (Å²) in [5, 5.41) is 1.72. The van der Waals surface area contributed by atoms with Crippen molar-refractivity contribution in [3.63, 3.8) is 0 Å². The maximum Gasteiger partial charge on any atom is 0.135 e. The highest BCUT2D eigenvalue weighted by Crippen LogP contribution is 2.39. The molecule has 98 valence electrons. The van der Waals surface area contributed by atoms with E-state index in [1.165, 1.54) is 12.8 Å². The van der Waals surface area contributed by atoms with Crippen LogP contribution < -0.4 is 5.73 Å². The fourth-order valence-corrected chi connectivity index (χ4v) is 3.03. The van der Waals surface area contributed by atoms with Crippen molar-refractivity contribution < 1.29 is 0 Å². The highest BCUT2D eigenvalue weighted by atomic mass is 35.5. The maximum atomic E-state index is 6.14. The van der Waals surface area contributed by atoms with Crippen LogP contribution in [-0.2, 0) is 5.75 Å². The van der Waals surface area contributed by atoms with Crippen molar-refractivity contribution in [1.82, 2.24) is 9.97 Å². The van der Waals surface area contributed by atoms with Crippen molar-refractivity contribution in [2.24, 2.45) is 0 Å². The molecule has 3 nitrogen and oxygen atoms in total. The molecule has 0 spiro atoms. The minimum Gasteiger partial charge on any atom is -0.384 e. The summed E-state index contributed by atoms with van der Waals surface area (Å²) in [4.78, 5) is 8.86. The second kappa shape index (κ2) is 5.39. The van der Waals surface area contributed by atoms with E-state index in [-0.39, 0.29) is 0 Å². The van der Waals surface area contributed by atoms with Crippen molar-refractivity contribution in [1.29, 1.82) is 0 Å². The molecule has 0 bridgehead atoms. The van der Waals surface area contributed by atoms with Crippen LogP contribution in [0.4, 0.5) is 5.82 Å². The quantitative estimate of drug-likeness (QED) is 0.686. The Morgan fingerprint density at radius 2 is 2.05 bits per heavy atom. The number of thioether (sulfide) groups is 1. The number of aromatic nitrogens is 2. The van der Waals surface area contributed by atoms with Gasteiger partial charge in [-0.1, -0.05) is 29.8 Å². The molecule has 19 heavy (non-hydrogen) atoms. The summed E-state index contributed by atoms with van der Waals surface area (Å²) in [6.45, 7) is 0. The van der Waals surface area contributed by atoms with Crippen molar-refractivity contribution in [3.8, 4) is 0 Å². The molecule has 1 heterocycles. The zero-order valence-corrected chi connectivity index (χ0v) is 11.9. The largest absolute Gasteiger partial charge is 0.384 e. The van der Waals surface area contributed by atoms with E-state index in [4.69, 9.17) is 17.3 Å². The van der Waals surface area contributed by atoms with Crippen LogP contribution in [0.5, 0.6) is 0 Å². The second-order valence-corrected chi connectivity index (χ2v) is 6.05. The monoisotopic (exact) mass is 291 g/mol. The highest BCUT2D eigenvalue weighted by Gasteiger charge is 2.27. The third-order valence-electron chi connectivity index (χ3n) is 3.02. The number of nitrogen functional groups attached to an aromatic ring is 1. The predicted octanol–water partition coefficient (Wildman–Crippen LogP) is 3.88. The second-order valence-electron chi connectivity index (χ2n) is 4.64. The van der Waals surface area contributed by atoms with E-state index in [9.17, 15) is 0 Å². The third kappa shape index (κ3) is 3.19. The lowest BCUT2D eigenvalue weighted by atomic mass is 10.2. The Bertz CT molecular complexity index is 599. The van der Waals surface area contributed by atoms with Crippen LogP contribution in [0.3, 0.4) is 0 Å². The van der Waals surface area contributed by atoms with E-state index < -0.39 is 0 Å². The molecule has 0 saturated heterocycles. The number of halogens is 1. The molecule has 1 aliphatic rings. The number of hydrogen-bond donors (Lipinski definition) is 1. The minimum atomic E-state index is 0.517. The number of rotatable bonds is 4. The molecule has 1 aromatic carbocycles. The van der Waals surface area contributed by atoms with Gasteiger partial charge in [0.1, 0.15) is 16.7 Å². The first-order valence-corrected chi connectivity index (χ1v) is 7.59. The van der Waals surface area contributed by atoms with E-state index >= 15 is 0 Å². The van der Waals surface area contributed by atoms with Gasteiger partial charge in [-0.05, 0) is 24.5 Å². The molecule has 0 atom stereocenters. The van der Waals surface area contributed by atoms with Gasteiger partial charge in [-0.25, -0.2) is 9.97 Å². The van der Waals surface area contributed by atoms with Crippen molar-refractivity contribution >= 4 is 29.2 Å². The predicted molar refractivity (Wildman–Crippen MR) is 79.4 cm³/mol. The molecule has 0 radical (unpaired) electrons. The van der Waals surface area contributed by atoms with Crippen molar-refractivity contribution in [3.05, 3.63) is 46.7 Å². The van der Waals surface area contributed by atoms with Crippen LogP contribution in [0.15, 0.2) is 35.4 Å². The molecular weight excluding hydrogens is 278 g/mol. The van der Waals surface area contributed by atoms with Crippen LogP contribution >= 0.6 is 23.4 Å². The van der Waals surface area contributed by atoms with E-state index in [2.05, 4.69) is 9.97 Å². The summed E-state index contributed by atoms with van der Waals surface area (Å²) in [7, 11) is 0. The summed E-state index contributed by atoms with van der Waals surface area (Å²) < 4.78 is 0. The summed E-state index contributed by atoms with van der Waals surface area (Å²) in [5.74, 6) is 2.75. The lowest BCUT2D eigenvalue weighted by Gasteiger charge is -2.06. The normalized spacial score (nSPS) is 14.6. The average Bonchev–Trinajstić information content (AvgIpc) is 3.21. The van der Waals surface area contributed by atoms with Crippen molar-refractivity contribution in [2.75, 3.05) is 5.73 Å². The molecule has 1 aromatic heterocycles. The van der Waals surface area contributed by atoms with Crippen LogP contribution in [0.25, 0.3) is 0 Å². The molecule has 0 unspecified atom stereocenters. The summed E-state index contributed by atoms with van der Waals surface area (Å²) >= 11 is 7.79. The molecular formula is C14H14ClN3S. The van der Waals surface area contributed by atoms with Gasteiger partial charge in [-0.2, -0.15) is 0 Å². The molecule has 1 aliphatic carbocycles. The first kappa shape index (κ1) is 12.8. The van der Waals surface area contributed by atoms with Gasteiger partial charge in [0.2, 0.25) is 0 Å². The van der Waals surface area contributed by atoms with E-state index in [0.29, 0.717) is 11.7 Å². The number of nitrogens with zero attached hydrogens (tertiary/aromatic N) is 2. The van der Waals surface area contributed by atoms with Gasteiger partial charge in [0.15, 0.2) is 0 Å². The van der Waals surface area contributed by atoms with Crippen molar-refractivity contribution in [2.45, 2.75) is 29.5 Å². The van der Waals surface area contributed by atoms with E-state index in [1.807, 2.05) is 30.3 Å². The van der Waals surface area contributed by atoms with E-state index in [0.717, 1.165) is 27.2 Å². The summed E-state index contributed by atoms with van der Waals surface area (Å²) in [6.07, 6.45) is 2.36. The fourth-order valence-electron chi connectivity index (χ4n) is 1.83. The minimum absolute atomic E-state index is 0.517. The standard InChI is InChI=1S/C14H14ClN3S/c15-11-4-2-1-3-10(11)8-19-13-7-12(16)17-14(18-13)9-5-6-9/h1-4,7,9H,5-6,8H2,(H2,16,17,18). The maximum absolute atomic E-state index is 6.14. The Labute approximate surface area is 121 Å². The molecule has 2 N–H and O–H groups in total. The molecule has 2 aromatic rings. The van der Waals surface area contributed by atoms with Crippen LogP contribution in [-0.4, -0.2) is 9.97 Å². The summed E-state index contributed by atoms with van der Waals surface area (Å²) in [5.41, 5.74) is 6.94. The van der Waals surface area contributed by atoms with Gasteiger partial charge in [-0.15, -0.1) is 11.8 Å². The summed E-state index contributed by atoms with van der Waals surface area (Å²) in [6, 6.07) is 9.69. The Morgan fingerprint density at radius 1 is 1.26 bits per heavy atom. The Kier molecular flexibility index (Phi) is 3.62. The highest BCUT2D eigenvalue weighted by molar-refractivity contribution is 7.98. The van der Waals surface area contributed by atoms with Gasteiger partial charge in [0.25, 0.3) is 0 Å². The fraction of sp³-hybridized carbons (Fsp3) is 0.286. The van der Waals surface area contributed by atoms with Gasteiger partial charge in [0, 0.05) is 22.8 Å². The number of hydrogen-bond acceptors (Lipinski definition) is 4. The van der Waals surface area contributed by atoms with Crippen LogP contribution in [0.1, 0.15) is 30.1 Å². The topological polar surface area (TPSA) is 51.8 Å². The molecule has 1 fully saturated rings. The van der Waals surface area contributed by atoms with E-state index in [1.54, 1.807) is 11.8 Å². The molecule has 0 amide bonds. The Morgan fingerprint density at radius 3 is 2.79 bits per heavy atom. The molecule has 0 aliphatic heterocycles. The molecule has 5 heteroatoms. The average molecular weight is 292 g/mol. The van der Waals surface area contributed by atoms with Gasteiger partial charge in [0.05, 0.1) is 0 Å². The van der Waals surface area contributed by atoms with Gasteiger partial charge < -0.3 is 5.73 Å². The number of anilines is 1. The number of benzene rings is 1. The zero-order chi connectivity index (χ0) is 13.2. The van der Waals surface area contributed by atoms with Crippen LogP contribution in [0, 0.1) is 0 Å². The lowest BCUT2D eigenvalue weighted by molar-refractivity contribution is 0.883. The number of nitrogens with two attached hydrogens (primary N) is 1.